The van der Waals surface area contributed by atoms with Gasteiger partial charge in [-0.05, 0) is 38.0 Å². The molecule has 20 heavy (non-hydrogen) atoms. The number of hydrogen-bond acceptors (Lipinski definition) is 4. The van der Waals surface area contributed by atoms with Gasteiger partial charge in [-0.3, -0.25) is 19.3 Å². The van der Waals surface area contributed by atoms with Crippen molar-refractivity contribution < 1.29 is 19.5 Å². The summed E-state index contributed by atoms with van der Waals surface area (Å²) in [6, 6.07) is -0.696. The molecular weight excluding hydrogens is 260 g/mol. The van der Waals surface area contributed by atoms with E-state index in [0.29, 0.717) is 12.5 Å². The van der Waals surface area contributed by atoms with Crippen LogP contribution in [0.4, 0.5) is 0 Å². The van der Waals surface area contributed by atoms with Gasteiger partial charge in [-0.2, -0.15) is 0 Å². The van der Waals surface area contributed by atoms with E-state index in [1.54, 1.807) is 6.92 Å². The van der Waals surface area contributed by atoms with Crippen molar-refractivity contribution in [2.75, 3.05) is 6.54 Å². The summed E-state index contributed by atoms with van der Waals surface area (Å²) in [6.45, 7) is 2.16. The lowest BCUT2D eigenvalue weighted by Gasteiger charge is -2.30. The predicted octanol–water partition coefficient (Wildman–Crippen LogP) is 0.223. The summed E-state index contributed by atoms with van der Waals surface area (Å²) >= 11 is 0. The Labute approximate surface area is 117 Å². The molecule has 1 saturated heterocycles. The number of carboxylic acids is 1. The number of aliphatic carboxylic acids is 1. The lowest BCUT2D eigenvalue weighted by atomic mass is 9.84. The quantitative estimate of drug-likeness (QED) is 0.720. The summed E-state index contributed by atoms with van der Waals surface area (Å²) in [5.41, 5.74) is 0. The third-order valence-corrected chi connectivity index (χ3v) is 5.16. The van der Waals surface area contributed by atoms with Crippen LogP contribution in [0.3, 0.4) is 0 Å². The minimum absolute atomic E-state index is 0.160. The number of likely N-dealkylation sites (tertiary alicyclic amines) is 1. The molecule has 0 spiro atoms. The van der Waals surface area contributed by atoms with Gasteiger partial charge in [0, 0.05) is 12.6 Å². The predicted molar refractivity (Wildman–Crippen MR) is 69.7 cm³/mol. The zero-order valence-corrected chi connectivity index (χ0v) is 11.5. The van der Waals surface area contributed by atoms with E-state index in [2.05, 4.69) is 5.32 Å². The molecule has 6 nitrogen and oxygen atoms in total. The molecule has 0 aromatic heterocycles. The monoisotopic (exact) mass is 280 g/mol. The van der Waals surface area contributed by atoms with Crippen LogP contribution < -0.4 is 5.32 Å². The second-order valence-corrected chi connectivity index (χ2v) is 6.12. The Hall–Kier alpha value is -1.43. The molecule has 5 unspecified atom stereocenters. The van der Waals surface area contributed by atoms with Crippen LogP contribution in [0.5, 0.6) is 0 Å². The molecule has 0 aromatic rings. The van der Waals surface area contributed by atoms with Crippen molar-refractivity contribution in [3.8, 4) is 0 Å². The summed E-state index contributed by atoms with van der Waals surface area (Å²) in [4.78, 5) is 36.5. The van der Waals surface area contributed by atoms with Gasteiger partial charge in [0.15, 0.2) is 0 Å². The topological polar surface area (TPSA) is 86.7 Å². The summed E-state index contributed by atoms with van der Waals surface area (Å²) in [5.74, 6) is -0.996. The van der Waals surface area contributed by atoms with Gasteiger partial charge in [-0.1, -0.05) is 0 Å². The van der Waals surface area contributed by atoms with Gasteiger partial charge in [0.05, 0.1) is 18.4 Å². The van der Waals surface area contributed by atoms with E-state index >= 15 is 0 Å². The highest BCUT2D eigenvalue weighted by molar-refractivity contribution is 6.05. The molecule has 0 aromatic carbocycles. The Morgan fingerprint density at radius 3 is 2.65 bits per heavy atom. The maximum absolute atomic E-state index is 12.1. The maximum atomic E-state index is 12.1. The number of carbonyl (C=O) groups excluding carboxylic acids is 2. The number of fused-ring (bicyclic) bond motifs is 2. The summed E-state index contributed by atoms with van der Waals surface area (Å²) < 4.78 is 0. The van der Waals surface area contributed by atoms with Crippen molar-refractivity contribution in [2.24, 2.45) is 17.8 Å². The zero-order valence-electron chi connectivity index (χ0n) is 11.5. The van der Waals surface area contributed by atoms with Gasteiger partial charge in [-0.15, -0.1) is 0 Å². The third-order valence-electron chi connectivity index (χ3n) is 5.16. The number of nitrogens with one attached hydrogen (secondary N) is 1. The first-order chi connectivity index (χ1) is 9.52. The Balaban J connectivity index is 1.73. The molecule has 3 fully saturated rings. The standard InChI is InChI=1S/C14H20N2O4/c1-2-16-10(17)6-9(13(16)18)15-12-8-4-3-7(5-8)11(12)14(19)20/h7-9,11-12,15H,2-6H2,1H3,(H,19,20). The van der Waals surface area contributed by atoms with Crippen molar-refractivity contribution in [1.29, 1.82) is 0 Å². The number of likely N-dealkylation sites (N-methyl/N-ethyl adjacent to an activating group) is 1. The van der Waals surface area contributed by atoms with E-state index in [1.165, 1.54) is 4.90 Å². The number of rotatable bonds is 4. The van der Waals surface area contributed by atoms with Crippen LogP contribution in [0, 0.1) is 17.8 Å². The zero-order chi connectivity index (χ0) is 14.4. The van der Waals surface area contributed by atoms with Crippen molar-refractivity contribution >= 4 is 17.8 Å². The largest absolute Gasteiger partial charge is 0.481 e. The van der Waals surface area contributed by atoms with Crippen LogP contribution in [-0.4, -0.2) is 46.4 Å². The minimum Gasteiger partial charge on any atom is -0.481 e. The highest BCUT2D eigenvalue weighted by atomic mass is 16.4. The lowest BCUT2D eigenvalue weighted by Crippen LogP contribution is -2.51. The van der Waals surface area contributed by atoms with Crippen molar-refractivity contribution in [2.45, 2.75) is 44.7 Å². The molecule has 5 atom stereocenters. The van der Waals surface area contributed by atoms with Gasteiger partial charge in [-0.25, -0.2) is 0 Å². The van der Waals surface area contributed by atoms with Gasteiger partial charge in [0.1, 0.15) is 0 Å². The first-order valence-corrected chi connectivity index (χ1v) is 7.36. The molecule has 0 radical (unpaired) electrons. The molecule has 6 heteroatoms. The fourth-order valence-corrected chi connectivity index (χ4v) is 4.26. The number of carboxylic acid groups (broad SMARTS) is 1. The molecule has 1 aliphatic heterocycles. The molecule has 110 valence electrons. The highest BCUT2D eigenvalue weighted by Crippen LogP contribution is 2.48. The first-order valence-electron chi connectivity index (χ1n) is 7.36. The van der Waals surface area contributed by atoms with Gasteiger partial charge < -0.3 is 10.4 Å². The molecule has 2 aliphatic carbocycles. The van der Waals surface area contributed by atoms with E-state index in [9.17, 15) is 19.5 Å². The van der Waals surface area contributed by atoms with Gasteiger partial charge in [0.25, 0.3) is 0 Å². The third kappa shape index (κ3) is 1.93. The van der Waals surface area contributed by atoms with Crippen LogP contribution in [-0.2, 0) is 14.4 Å². The number of carbonyl (C=O) groups is 3. The highest BCUT2D eigenvalue weighted by Gasteiger charge is 2.52. The van der Waals surface area contributed by atoms with E-state index < -0.39 is 17.9 Å². The van der Waals surface area contributed by atoms with E-state index in [-0.39, 0.29) is 30.2 Å². The summed E-state index contributed by atoms with van der Waals surface area (Å²) in [6.07, 6.45) is 3.09. The Morgan fingerprint density at radius 2 is 2.05 bits per heavy atom. The van der Waals surface area contributed by atoms with Crippen molar-refractivity contribution in [3.05, 3.63) is 0 Å². The fourth-order valence-electron chi connectivity index (χ4n) is 4.26. The normalized spacial score (nSPS) is 39.9. The number of amides is 2. The second-order valence-electron chi connectivity index (χ2n) is 6.12. The van der Waals surface area contributed by atoms with Crippen LogP contribution in [0.2, 0.25) is 0 Å². The fraction of sp³-hybridized carbons (Fsp3) is 0.786. The molecule has 1 heterocycles. The van der Waals surface area contributed by atoms with Crippen LogP contribution >= 0.6 is 0 Å². The number of nitrogens with zero attached hydrogens (tertiary/aromatic N) is 1. The SMILES string of the molecule is CCN1C(=O)CC(NC2C3CCC(C3)C2C(=O)O)C1=O. The molecule has 3 aliphatic rings. The smallest absolute Gasteiger partial charge is 0.308 e. The average Bonchev–Trinajstić information content (AvgIpc) is 3.04. The molecule has 2 N–H and O–H groups in total. The second kappa shape index (κ2) is 4.84. The van der Waals surface area contributed by atoms with Gasteiger partial charge in [0.2, 0.25) is 11.8 Å². The molecule has 2 bridgehead atoms. The minimum atomic E-state index is -0.779. The van der Waals surface area contributed by atoms with Crippen molar-refractivity contribution in [3.63, 3.8) is 0 Å². The molecule has 2 amide bonds. The Morgan fingerprint density at radius 1 is 1.35 bits per heavy atom. The lowest BCUT2D eigenvalue weighted by molar-refractivity contribution is -0.145. The molecular formula is C14H20N2O4. The molecule has 2 saturated carbocycles. The average molecular weight is 280 g/mol. The Bertz CT molecular complexity index is 464. The van der Waals surface area contributed by atoms with Crippen LogP contribution in [0.15, 0.2) is 0 Å². The maximum Gasteiger partial charge on any atom is 0.308 e. The van der Waals surface area contributed by atoms with Gasteiger partial charge >= 0.3 is 5.97 Å². The number of imide groups is 1. The van der Waals surface area contributed by atoms with Crippen molar-refractivity contribution in [1.82, 2.24) is 10.2 Å². The molecule has 3 rings (SSSR count). The van der Waals surface area contributed by atoms with Crippen LogP contribution in [0.25, 0.3) is 0 Å². The summed E-state index contributed by atoms with van der Waals surface area (Å²) in [7, 11) is 0. The van der Waals surface area contributed by atoms with Crippen LogP contribution in [0.1, 0.15) is 32.6 Å². The van der Waals surface area contributed by atoms with E-state index in [1.807, 2.05) is 0 Å². The van der Waals surface area contributed by atoms with E-state index in [4.69, 9.17) is 0 Å². The van der Waals surface area contributed by atoms with E-state index in [0.717, 1.165) is 19.3 Å². The summed E-state index contributed by atoms with van der Waals surface area (Å²) in [5, 5.41) is 12.6. The Kier molecular flexibility index (Phi) is 3.28. The number of hydrogen-bond donors (Lipinski definition) is 2. The first kappa shape index (κ1) is 13.5.